The Kier molecular flexibility index (Phi) is 15.0. The first-order valence-electron chi connectivity index (χ1n) is 18.5. The fourth-order valence-electron chi connectivity index (χ4n) is 6.09. The SMILES string of the molecule is CC(C)C[C@@H](NC(=O)[C@H](NC(=O)[C@@H](Cc1ccccc1)NC(=O)[C@@H](Cc1ccccc1)NC(=O)[C@@H](C)NC(=O)c1nccc2ccccc12)C(C)C)C(N)=O. The number of nitrogens with zero attached hydrogens (tertiary/aromatic N) is 1. The summed E-state index contributed by atoms with van der Waals surface area (Å²) in [5.74, 6) is -4.07. The Bertz CT molecular complexity index is 1950. The Morgan fingerprint density at radius 3 is 1.64 bits per heavy atom. The van der Waals surface area contributed by atoms with Crippen LogP contribution in [-0.4, -0.2) is 70.6 Å². The van der Waals surface area contributed by atoms with Crippen molar-refractivity contribution in [2.75, 3.05) is 0 Å². The van der Waals surface area contributed by atoms with E-state index in [0.29, 0.717) is 11.8 Å². The summed E-state index contributed by atoms with van der Waals surface area (Å²) in [6, 6.07) is 21.8. The van der Waals surface area contributed by atoms with Gasteiger partial charge in [-0.05, 0) is 47.8 Å². The topological polar surface area (TPSA) is 201 Å². The van der Waals surface area contributed by atoms with Gasteiger partial charge in [-0.2, -0.15) is 0 Å². The zero-order valence-corrected chi connectivity index (χ0v) is 31.9. The lowest BCUT2D eigenvalue weighted by Gasteiger charge is -2.28. The van der Waals surface area contributed by atoms with Gasteiger partial charge in [-0.3, -0.25) is 33.8 Å². The number of hydrogen-bond donors (Lipinski definition) is 6. The van der Waals surface area contributed by atoms with Crippen molar-refractivity contribution >= 4 is 46.2 Å². The van der Waals surface area contributed by atoms with Crippen molar-refractivity contribution in [2.24, 2.45) is 17.6 Å². The summed E-state index contributed by atoms with van der Waals surface area (Å²) >= 11 is 0. The van der Waals surface area contributed by atoms with E-state index in [0.717, 1.165) is 16.5 Å². The molecule has 13 heteroatoms. The maximum Gasteiger partial charge on any atom is 0.271 e. The number of aromatic nitrogens is 1. The standard InChI is InChI=1S/C42H51N7O6/c1-25(2)22-32(37(43)50)46-41(54)35(26(3)4)49-40(53)34(24-29-16-10-7-11-17-29)48-39(52)33(23-28-14-8-6-9-15-28)47-38(51)27(5)45-42(55)36-31-19-13-12-18-30(31)20-21-44-36/h6-21,25-27,32-35H,22-24H2,1-5H3,(H2,43,50)(H,45,55)(H,46,54)(H,47,51)(H,48,52)(H,49,53)/t27-,32-,33-,34-,35-/m1/s1. The molecule has 0 saturated heterocycles. The fraction of sp³-hybridized carbons (Fsp3) is 0.357. The molecule has 0 aliphatic heterocycles. The Balaban J connectivity index is 1.55. The molecule has 0 spiro atoms. The number of amides is 6. The van der Waals surface area contributed by atoms with E-state index in [1.165, 1.54) is 13.1 Å². The molecule has 290 valence electrons. The van der Waals surface area contributed by atoms with E-state index >= 15 is 0 Å². The van der Waals surface area contributed by atoms with Gasteiger partial charge in [0, 0.05) is 24.4 Å². The number of rotatable bonds is 18. The van der Waals surface area contributed by atoms with Crippen molar-refractivity contribution in [1.29, 1.82) is 0 Å². The summed E-state index contributed by atoms with van der Waals surface area (Å²) in [5.41, 5.74) is 7.20. The van der Waals surface area contributed by atoms with Crippen LogP contribution in [0, 0.1) is 11.8 Å². The maximum atomic E-state index is 14.1. The number of primary amides is 1. The monoisotopic (exact) mass is 749 g/mol. The highest BCUT2D eigenvalue weighted by atomic mass is 16.2. The maximum absolute atomic E-state index is 14.1. The first-order chi connectivity index (χ1) is 26.2. The molecular weight excluding hydrogens is 699 g/mol. The average molecular weight is 750 g/mol. The predicted octanol–water partition coefficient (Wildman–Crippen LogP) is 2.97. The van der Waals surface area contributed by atoms with Crippen LogP contribution < -0.4 is 32.3 Å². The normalized spacial score (nSPS) is 13.9. The molecule has 0 radical (unpaired) electrons. The Morgan fingerprint density at radius 2 is 1.09 bits per heavy atom. The summed E-state index contributed by atoms with van der Waals surface area (Å²) in [7, 11) is 0. The molecule has 7 N–H and O–H groups in total. The largest absolute Gasteiger partial charge is 0.368 e. The molecule has 4 rings (SSSR count). The van der Waals surface area contributed by atoms with Gasteiger partial charge in [-0.15, -0.1) is 0 Å². The van der Waals surface area contributed by atoms with Crippen LogP contribution in [-0.2, 0) is 36.8 Å². The Morgan fingerprint density at radius 1 is 0.582 bits per heavy atom. The zero-order valence-electron chi connectivity index (χ0n) is 31.9. The third kappa shape index (κ3) is 12.2. The second-order valence-corrected chi connectivity index (χ2v) is 14.4. The number of carbonyl (C=O) groups is 6. The van der Waals surface area contributed by atoms with E-state index < -0.39 is 71.6 Å². The molecule has 0 bridgehead atoms. The number of pyridine rings is 1. The quantitative estimate of drug-likeness (QED) is 0.0898. The molecule has 5 atom stereocenters. The lowest BCUT2D eigenvalue weighted by molar-refractivity contribution is -0.135. The number of nitrogens with one attached hydrogen (secondary N) is 5. The van der Waals surface area contributed by atoms with Crippen LogP contribution in [0.5, 0.6) is 0 Å². The van der Waals surface area contributed by atoms with Gasteiger partial charge in [0.1, 0.15) is 35.9 Å². The van der Waals surface area contributed by atoms with Crippen molar-refractivity contribution in [3.63, 3.8) is 0 Å². The highest BCUT2D eigenvalue weighted by molar-refractivity contribution is 6.06. The van der Waals surface area contributed by atoms with Crippen LogP contribution in [0.2, 0.25) is 0 Å². The van der Waals surface area contributed by atoms with Crippen molar-refractivity contribution in [3.05, 3.63) is 114 Å². The number of carbonyl (C=O) groups excluding carboxylic acids is 6. The summed E-state index contributed by atoms with van der Waals surface area (Å²) in [5, 5.41) is 15.2. The van der Waals surface area contributed by atoms with Crippen LogP contribution in [0.3, 0.4) is 0 Å². The van der Waals surface area contributed by atoms with Crippen molar-refractivity contribution in [3.8, 4) is 0 Å². The average Bonchev–Trinajstić information content (AvgIpc) is 3.16. The van der Waals surface area contributed by atoms with Crippen LogP contribution >= 0.6 is 0 Å². The molecule has 0 saturated carbocycles. The molecule has 1 aromatic heterocycles. The van der Waals surface area contributed by atoms with Gasteiger partial charge in [0.25, 0.3) is 5.91 Å². The predicted molar refractivity (Wildman–Crippen MR) is 210 cm³/mol. The first-order valence-corrected chi connectivity index (χ1v) is 18.5. The highest BCUT2D eigenvalue weighted by Crippen LogP contribution is 2.17. The van der Waals surface area contributed by atoms with Gasteiger partial charge in [0.05, 0.1) is 0 Å². The van der Waals surface area contributed by atoms with Crippen molar-refractivity contribution in [1.82, 2.24) is 31.6 Å². The van der Waals surface area contributed by atoms with E-state index in [-0.39, 0.29) is 24.5 Å². The molecule has 6 amide bonds. The van der Waals surface area contributed by atoms with E-state index in [9.17, 15) is 28.8 Å². The molecule has 13 nitrogen and oxygen atoms in total. The van der Waals surface area contributed by atoms with E-state index in [2.05, 4.69) is 31.6 Å². The molecule has 0 aliphatic rings. The Hall–Kier alpha value is -6.11. The zero-order chi connectivity index (χ0) is 40.1. The lowest BCUT2D eigenvalue weighted by Crippen LogP contribution is -2.60. The number of fused-ring (bicyclic) bond motifs is 1. The molecule has 55 heavy (non-hydrogen) atoms. The summed E-state index contributed by atoms with van der Waals surface area (Å²) in [6.45, 7) is 8.79. The molecule has 3 aromatic carbocycles. The third-order valence-electron chi connectivity index (χ3n) is 9.07. The molecule has 1 heterocycles. The third-order valence-corrected chi connectivity index (χ3v) is 9.07. The van der Waals surface area contributed by atoms with Crippen LogP contribution in [0.1, 0.15) is 62.7 Å². The van der Waals surface area contributed by atoms with Gasteiger partial charge >= 0.3 is 0 Å². The van der Waals surface area contributed by atoms with Crippen LogP contribution in [0.25, 0.3) is 10.8 Å². The minimum absolute atomic E-state index is 0.0681. The molecular formula is C42H51N7O6. The number of benzene rings is 3. The lowest BCUT2D eigenvalue weighted by atomic mass is 9.98. The van der Waals surface area contributed by atoms with Gasteiger partial charge in [-0.25, -0.2) is 0 Å². The fourth-order valence-corrected chi connectivity index (χ4v) is 6.09. The van der Waals surface area contributed by atoms with Crippen molar-refractivity contribution < 1.29 is 28.8 Å². The van der Waals surface area contributed by atoms with Gasteiger partial charge in [-0.1, -0.05) is 113 Å². The molecule has 0 unspecified atom stereocenters. The van der Waals surface area contributed by atoms with Crippen LogP contribution in [0.4, 0.5) is 0 Å². The summed E-state index contributed by atoms with van der Waals surface area (Å²) in [4.78, 5) is 84.8. The second-order valence-electron chi connectivity index (χ2n) is 14.4. The number of hydrogen-bond acceptors (Lipinski definition) is 7. The molecule has 0 fully saturated rings. The summed E-state index contributed by atoms with van der Waals surface area (Å²) < 4.78 is 0. The smallest absolute Gasteiger partial charge is 0.271 e. The number of nitrogens with two attached hydrogens (primary N) is 1. The van der Waals surface area contributed by atoms with Gasteiger partial charge < -0.3 is 32.3 Å². The molecule has 4 aromatic rings. The van der Waals surface area contributed by atoms with Crippen LogP contribution in [0.15, 0.2) is 97.2 Å². The minimum atomic E-state index is -1.17. The minimum Gasteiger partial charge on any atom is -0.368 e. The Labute approximate surface area is 321 Å². The van der Waals surface area contributed by atoms with E-state index in [4.69, 9.17) is 5.73 Å². The highest BCUT2D eigenvalue weighted by Gasteiger charge is 2.33. The summed E-state index contributed by atoms with van der Waals surface area (Å²) in [6.07, 6.45) is 1.98. The van der Waals surface area contributed by atoms with E-state index in [1.54, 1.807) is 68.4 Å². The van der Waals surface area contributed by atoms with Crippen molar-refractivity contribution in [2.45, 2.75) is 84.1 Å². The van der Waals surface area contributed by atoms with Gasteiger partial charge in [0.2, 0.25) is 29.5 Å². The molecule has 0 aliphatic carbocycles. The van der Waals surface area contributed by atoms with Gasteiger partial charge in [0.15, 0.2) is 0 Å². The van der Waals surface area contributed by atoms with E-state index in [1.807, 2.05) is 50.2 Å². The second kappa shape index (κ2) is 19.8. The first kappa shape index (κ1) is 41.6.